The Labute approximate surface area is 182 Å². The molecule has 0 aliphatic carbocycles. The number of nitrogens with zero attached hydrogens (tertiary/aromatic N) is 1. The highest BCUT2D eigenvalue weighted by molar-refractivity contribution is 8.27. The van der Waals surface area contributed by atoms with Gasteiger partial charge < -0.3 is 14.2 Å². The van der Waals surface area contributed by atoms with Gasteiger partial charge in [0, 0.05) is 6.92 Å². The average Bonchev–Trinajstić information content (AvgIpc) is 2.95. The van der Waals surface area contributed by atoms with E-state index in [9.17, 15) is 9.59 Å². The zero-order chi connectivity index (χ0) is 21.1. The molecule has 150 valence electrons. The average molecular weight is 450 g/mol. The van der Waals surface area contributed by atoms with E-state index < -0.39 is 5.97 Å². The molecule has 0 bridgehead atoms. The predicted octanol–water partition coefficient (Wildman–Crippen LogP) is 4.69. The first-order chi connectivity index (χ1) is 13.8. The molecule has 0 unspecified atom stereocenters. The molecule has 0 N–H and O–H groups in total. The Balaban J connectivity index is 1.90. The van der Waals surface area contributed by atoms with Gasteiger partial charge in [-0.3, -0.25) is 14.5 Å². The second-order valence-corrected chi connectivity index (χ2v) is 7.92. The number of halogens is 1. The minimum atomic E-state index is -0.449. The minimum absolute atomic E-state index is 0.260. The number of hydrogen-bond donors (Lipinski definition) is 0. The summed E-state index contributed by atoms with van der Waals surface area (Å²) in [5, 5.41) is 0.383. The van der Waals surface area contributed by atoms with E-state index in [1.807, 2.05) is 0 Å². The molecule has 0 atom stereocenters. The van der Waals surface area contributed by atoms with Crippen LogP contribution in [0.2, 0.25) is 5.02 Å². The number of methoxy groups -OCH3 is 2. The van der Waals surface area contributed by atoms with Gasteiger partial charge in [0.2, 0.25) is 0 Å². The molecule has 1 fully saturated rings. The Bertz CT molecular complexity index is 1040. The first-order valence-electron chi connectivity index (χ1n) is 8.32. The third kappa shape index (κ3) is 4.55. The predicted molar refractivity (Wildman–Crippen MR) is 118 cm³/mol. The van der Waals surface area contributed by atoms with Crippen molar-refractivity contribution in [2.75, 3.05) is 19.1 Å². The van der Waals surface area contributed by atoms with E-state index in [1.54, 1.807) is 42.5 Å². The Kier molecular flexibility index (Phi) is 6.46. The molecule has 29 heavy (non-hydrogen) atoms. The Morgan fingerprint density at radius 1 is 1.10 bits per heavy atom. The lowest BCUT2D eigenvalue weighted by atomic mass is 10.2. The van der Waals surface area contributed by atoms with Crippen LogP contribution in [0.4, 0.5) is 5.69 Å². The zero-order valence-corrected chi connectivity index (χ0v) is 18.1. The number of anilines is 1. The number of esters is 1. The fourth-order valence-corrected chi connectivity index (χ4v) is 4.20. The van der Waals surface area contributed by atoms with Crippen molar-refractivity contribution in [1.82, 2.24) is 0 Å². The van der Waals surface area contributed by atoms with Crippen LogP contribution < -0.4 is 19.1 Å². The quantitative estimate of drug-likeness (QED) is 0.284. The molecule has 2 aromatic carbocycles. The van der Waals surface area contributed by atoms with Crippen LogP contribution in [-0.2, 0) is 9.59 Å². The molecule has 6 nitrogen and oxygen atoms in total. The Hall–Kier alpha value is -2.55. The van der Waals surface area contributed by atoms with Gasteiger partial charge in [-0.2, -0.15) is 0 Å². The number of hydrogen-bond acceptors (Lipinski definition) is 7. The van der Waals surface area contributed by atoms with E-state index in [-0.39, 0.29) is 5.91 Å². The van der Waals surface area contributed by atoms with Gasteiger partial charge in [0.25, 0.3) is 5.91 Å². The molecule has 1 amide bonds. The number of carbonyl (C=O) groups excluding carboxylic acids is 2. The number of amides is 1. The van der Waals surface area contributed by atoms with Gasteiger partial charge in [0.1, 0.15) is 5.75 Å². The molecule has 1 saturated heterocycles. The summed E-state index contributed by atoms with van der Waals surface area (Å²) in [4.78, 5) is 26.0. The number of rotatable bonds is 5. The fourth-order valence-electron chi connectivity index (χ4n) is 2.65. The topological polar surface area (TPSA) is 65.1 Å². The number of benzene rings is 2. The number of ether oxygens (including phenoxy) is 3. The molecular weight excluding hydrogens is 434 g/mol. The van der Waals surface area contributed by atoms with E-state index in [1.165, 1.54) is 37.8 Å². The zero-order valence-electron chi connectivity index (χ0n) is 15.7. The van der Waals surface area contributed by atoms with E-state index in [4.69, 9.17) is 38.0 Å². The molecule has 2 aromatic rings. The van der Waals surface area contributed by atoms with Gasteiger partial charge in [-0.25, -0.2) is 0 Å². The van der Waals surface area contributed by atoms with Crippen LogP contribution in [0.25, 0.3) is 6.08 Å². The molecule has 3 rings (SSSR count). The normalized spacial score (nSPS) is 15.0. The summed E-state index contributed by atoms with van der Waals surface area (Å²) in [6, 6.07) is 10.0. The maximum absolute atomic E-state index is 12.9. The third-order valence-corrected chi connectivity index (χ3v) is 5.52. The molecule has 1 heterocycles. The highest BCUT2D eigenvalue weighted by Crippen LogP contribution is 2.39. The van der Waals surface area contributed by atoms with Crippen LogP contribution in [0, 0.1) is 0 Å². The van der Waals surface area contributed by atoms with Crippen LogP contribution in [0.15, 0.2) is 41.3 Å². The smallest absolute Gasteiger partial charge is 0.308 e. The molecule has 0 aromatic heterocycles. The second kappa shape index (κ2) is 8.86. The van der Waals surface area contributed by atoms with Gasteiger partial charge >= 0.3 is 5.97 Å². The fraction of sp³-hybridized carbons (Fsp3) is 0.150. The molecule has 1 aliphatic heterocycles. The van der Waals surface area contributed by atoms with Gasteiger partial charge in [0.05, 0.1) is 29.8 Å². The largest absolute Gasteiger partial charge is 0.495 e. The van der Waals surface area contributed by atoms with Crippen LogP contribution in [0.1, 0.15) is 12.5 Å². The van der Waals surface area contributed by atoms with Gasteiger partial charge in [-0.1, -0.05) is 41.6 Å². The summed E-state index contributed by atoms with van der Waals surface area (Å²) >= 11 is 12.7. The molecule has 0 radical (unpaired) electrons. The van der Waals surface area contributed by atoms with Crippen molar-refractivity contribution >= 4 is 63.5 Å². The van der Waals surface area contributed by atoms with Gasteiger partial charge in [0.15, 0.2) is 15.8 Å². The number of thiocarbonyl (C=S) groups is 1. The standard InChI is InChI=1S/C20H16ClNO5S2/c1-11(23)27-16-6-4-12(8-17(16)26-3)9-18-19(24)22(20(28)29-18)13-5-7-15(25-2)14(21)10-13/h4-10H,1-3H3/b18-9-. The SMILES string of the molecule is COc1ccc(N2C(=O)/C(=C/c3ccc(OC(C)=O)c(OC)c3)SC2=S)cc1Cl. The lowest BCUT2D eigenvalue weighted by Crippen LogP contribution is -2.27. The van der Waals surface area contributed by atoms with Crippen LogP contribution in [0.5, 0.6) is 17.2 Å². The summed E-state index contributed by atoms with van der Waals surface area (Å²) in [6.45, 7) is 1.31. The second-order valence-electron chi connectivity index (χ2n) is 5.84. The van der Waals surface area contributed by atoms with E-state index in [2.05, 4.69) is 0 Å². The van der Waals surface area contributed by atoms with Crippen molar-refractivity contribution < 1.29 is 23.8 Å². The maximum atomic E-state index is 12.9. The summed E-state index contributed by atoms with van der Waals surface area (Å²) in [6.07, 6.45) is 1.70. The lowest BCUT2D eigenvalue weighted by molar-refractivity contribution is -0.132. The number of thioether (sulfide) groups is 1. The van der Waals surface area contributed by atoms with Crippen molar-refractivity contribution in [3.05, 3.63) is 51.9 Å². The van der Waals surface area contributed by atoms with Crippen molar-refractivity contribution in [1.29, 1.82) is 0 Å². The first kappa shape index (κ1) is 21.2. The monoisotopic (exact) mass is 449 g/mol. The lowest BCUT2D eigenvalue weighted by Gasteiger charge is -2.15. The minimum Gasteiger partial charge on any atom is -0.495 e. The molecular formula is C20H16ClNO5S2. The Morgan fingerprint density at radius 2 is 1.79 bits per heavy atom. The third-order valence-electron chi connectivity index (χ3n) is 3.93. The van der Waals surface area contributed by atoms with Gasteiger partial charge in [-0.05, 0) is 42.0 Å². The van der Waals surface area contributed by atoms with Crippen LogP contribution in [-0.4, -0.2) is 30.4 Å². The van der Waals surface area contributed by atoms with Crippen LogP contribution >= 0.6 is 35.6 Å². The first-order valence-corrected chi connectivity index (χ1v) is 9.92. The summed E-state index contributed by atoms with van der Waals surface area (Å²) in [5.41, 5.74) is 1.26. The van der Waals surface area contributed by atoms with Crippen molar-refractivity contribution in [3.8, 4) is 17.2 Å². The van der Waals surface area contributed by atoms with Crippen LogP contribution in [0.3, 0.4) is 0 Å². The Morgan fingerprint density at radius 3 is 2.41 bits per heavy atom. The van der Waals surface area contributed by atoms with Crippen molar-refractivity contribution in [3.63, 3.8) is 0 Å². The summed E-state index contributed by atoms with van der Waals surface area (Å²) in [5.74, 6) is 0.486. The molecule has 0 saturated carbocycles. The summed E-state index contributed by atoms with van der Waals surface area (Å²) < 4.78 is 15.9. The summed E-state index contributed by atoms with van der Waals surface area (Å²) in [7, 11) is 2.99. The number of carbonyl (C=O) groups is 2. The highest BCUT2D eigenvalue weighted by Gasteiger charge is 2.33. The van der Waals surface area contributed by atoms with Crippen molar-refractivity contribution in [2.45, 2.75) is 6.92 Å². The molecule has 0 spiro atoms. The molecule has 9 heteroatoms. The van der Waals surface area contributed by atoms with Gasteiger partial charge in [-0.15, -0.1) is 0 Å². The molecule has 1 aliphatic rings. The van der Waals surface area contributed by atoms with E-state index >= 15 is 0 Å². The maximum Gasteiger partial charge on any atom is 0.308 e. The van der Waals surface area contributed by atoms with Crippen molar-refractivity contribution in [2.24, 2.45) is 0 Å². The van der Waals surface area contributed by atoms with E-state index in [0.717, 1.165) is 0 Å². The van der Waals surface area contributed by atoms with E-state index in [0.29, 0.717) is 42.7 Å². The highest BCUT2D eigenvalue weighted by atomic mass is 35.5.